The van der Waals surface area contributed by atoms with Gasteiger partial charge < -0.3 is 10.2 Å². The number of phenolic OH excluding ortho intramolecular Hbond substituents is 1. The van der Waals surface area contributed by atoms with Gasteiger partial charge >= 0.3 is 5.97 Å². The molecule has 0 aromatic heterocycles. The summed E-state index contributed by atoms with van der Waals surface area (Å²) in [5.41, 5.74) is 0.424. The Kier molecular flexibility index (Phi) is 4.28. The molecule has 0 heterocycles. The lowest BCUT2D eigenvalue weighted by atomic mass is 10.2. The number of carboxylic acids is 1. The van der Waals surface area contributed by atoms with Gasteiger partial charge in [-0.2, -0.15) is 0 Å². The highest BCUT2D eigenvalue weighted by atomic mass is 16.4. The molecule has 0 saturated heterocycles. The Morgan fingerprint density at radius 1 is 1.29 bits per heavy atom. The fourth-order valence-electron chi connectivity index (χ4n) is 1.30. The number of aliphatic carboxylic acids is 1. The number of hydrogen-bond acceptors (Lipinski definition) is 3. The second kappa shape index (κ2) is 5.69. The fraction of sp³-hybridized carbons (Fsp3) is 0.167. The van der Waals surface area contributed by atoms with E-state index in [-0.39, 0.29) is 5.75 Å². The highest BCUT2D eigenvalue weighted by Crippen LogP contribution is 2.18. The second-order valence-electron chi connectivity index (χ2n) is 3.33. The van der Waals surface area contributed by atoms with E-state index in [0.717, 1.165) is 4.90 Å². The third-order valence-corrected chi connectivity index (χ3v) is 2.03. The number of allylic oxidation sites excluding steroid dienone is 1. The summed E-state index contributed by atoms with van der Waals surface area (Å²) >= 11 is 0. The van der Waals surface area contributed by atoms with Crippen LogP contribution in [0.1, 0.15) is 6.92 Å². The first-order valence-electron chi connectivity index (χ1n) is 4.99. The normalized spacial score (nSPS) is 10.4. The minimum atomic E-state index is -1.10. The van der Waals surface area contributed by atoms with E-state index in [1.165, 1.54) is 36.4 Å². The average molecular weight is 235 g/mol. The zero-order chi connectivity index (χ0) is 12.8. The number of carboxylic acid groups (broad SMARTS) is 1. The molecule has 1 aromatic rings. The first-order valence-corrected chi connectivity index (χ1v) is 4.99. The third-order valence-electron chi connectivity index (χ3n) is 2.03. The SMILES string of the molecule is CC=CC(=O)N(CC(=O)O)c1ccc(O)cc1. The van der Waals surface area contributed by atoms with Crippen molar-refractivity contribution in [3.8, 4) is 5.75 Å². The molecule has 0 bridgehead atoms. The van der Waals surface area contributed by atoms with E-state index < -0.39 is 18.4 Å². The Morgan fingerprint density at radius 2 is 1.88 bits per heavy atom. The van der Waals surface area contributed by atoms with Gasteiger partial charge in [0, 0.05) is 5.69 Å². The van der Waals surface area contributed by atoms with Crippen LogP contribution in [0.25, 0.3) is 0 Å². The van der Waals surface area contributed by atoms with Gasteiger partial charge in [-0.3, -0.25) is 14.5 Å². The van der Waals surface area contributed by atoms with Crippen molar-refractivity contribution in [3.05, 3.63) is 36.4 Å². The van der Waals surface area contributed by atoms with Gasteiger partial charge in [-0.1, -0.05) is 6.08 Å². The molecule has 0 radical (unpaired) electrons. The van der Waals surface area contributed by atoms with E-state index in [1.54, 1.807) is 6.92 Å². The van der Waals surface area contributed by atoms with Crippen molar-refractivity contribution in [2.24, 2.45) is 0 Å². The quantitative estimate of drug-likeness (QED) is 0.773. The lowest BCUT2D eigenvalue weighted by Crippen LogP contribution is -2.34. The van der Waals surface area contributed by atoms with Crippen LogP contribution in [0.3, 0.4) is 0 Å². The number of carbonyl (C=O) groups excluding carboxylic acids is 1. The molecule has 1 rings (SSSR count). The average Bonchev–Trinajstić information content (AvgIpc) is 2.27. The largest absolute Gasteiger partial charge is 0.508 e. The van der Waals surface area contributed by atoms with E-state index in [4.69, 9.17) is 10.2 Å². The molecule has 90 valence electrons. The molecule has 0 saturated carbocycles. The van der Waals surface area contributed by atoms with E-state index in [9.17, 15) is 9.59 Å². The lowest BCUT2D eigenvalue weighted by molar-refractivity contribution is -0.136. The van der Waals surface area contributed by atoms with Crippen molar-refractivity contribution in [3.63, 3.8) is 0 Å². The summed E-state index contributed by atoms with van der Waals surface area (Å²) in [5, 5.41) is 17.9. The first-order chi connectivity index (χ1) is 8.04. The van der Waals surface area contributed by atoms with Gasteiger partial charge in [-0.15, -0.1) is 0 Å². The molecule has 0 aliphatic carbocycles. The van der Waals surface area contributed by atoms with E-state index in [0.29, 0.717) is 5.69 Å². The Labute approximate surface area is 98.6 Å². The van der Waals surface area contributed by atoms with Crippen molar-refractivity contribution in [1.29, 1.82) is 0 Å². The predicted molar refractivity (Wildman–Crippen MR) is 62.9 cm³/mol. The molecular formula is C12H13NO4. The molecule has 1 amide bonds. The van der Waals surface area contributed by atoms with Gasteiger partial charge in [0.1, 0.15) is 12.3 Å². The van der Waals surface area contributed by atoms with Crippen LogP contribution in [-0.4, -0.2) is 28.6 Å². The highest BCUT2D eigenvalue weighted by molar-refractivity contribution is 6.04. The van der Waals surface area contributed by atoms with E-state index >= 15 is 0 Å². The molecule has 5 nitrogen and oxygen atoms in total. The summed E-state index contributed by atoms with van der Waals surface area (Å²) in [7, 11) is 0. The van der Waals surface area contributed by atoms with Crippen LogP contribution in [0, 0.1) is 0 Å². The number of aromatic hydroxyl groups is 1. The predicted octanol–water partition coefficient (Wildman–Crippen LogP) is 1.39. The number of phenols is 1. The maximum atomic E-state index is 11.7. The number of rotatable bonds is 4. The molecular weight excluding hydrogens is 222 g/mol. The van der Waals surface area contributed by atoms with Crippen LogP contribution in [0.5, 0.6) is 5.75 Å². The summed E-state index contributed by atoms with van der Waals surface area (Å²) in [5.74, 6) is -1.46. The second-order valence-corrected chi connectivity index (χ2v) is 3.33. The summed E-state index contributed by atoms with van der Waals surface area (Å²) < 4.78 is 0. The molecule has 0 spiro atoms. The zero-order valence-electron chi connectivity index (χ0n) is 9.33. The molecule has 0 atom stereocenters. The van der Waals surface area contributed by atoms with Crippen molar-refractivity contribution in [2.45, 2.75) is 6.92 Å². The van der Waals surface area contributed by atoms with Crippen LogP contribution in [0.2, 0.25) is 0 Å². The van der Waals surface area contributed by atoms with E-state index in [1.807, 2.05) is 0 Å². The molecule has 5 heteroatoms. The number of benzene rings is 1. The number of anilines is 1. The van der Waals surface area contributed by atoms with Crippen LogP contribution in [0.15, 0.2) is 36.4 Å². The Bertz CT molecular complexity index is 436. The molecule has 2 N–H and O–H groups in total. The zero-order valence-corrected chi connectivity index (χ0v) is 9.33. The number of hydrogen-bond donors (Lipinski definition) is 2. The van der Waals surface area contributed by atoms with Crippen molar-refractivity contribution in [2.75, 3.05) is 11.4 Å². The molecule has 0 aliphatic heterocycles. The number of nitrogens with zero attached hydrogens (tertiary/aromatic N) is 1. The topological polar surface area (TPSA) is 77.8 Å². The maximum absolute atomic E-state index is 11.7. The van der Waals surface area contributed by atoms with Gasteiger partial charge in [0.05, 0.1) is 0 Å². The van der Waals surface area contributed by atoms with Gasteiger partial charge in [0.15, 0.2) is 0 Å². The lowest BCUT2D eigenvalue weighted by Gasteiger charge is -2.19. The summed E-state index contributed by atoms with van der Waals surface area (Å²) in [6.45, 7) is 1.25. The Hall–Kier alpha value is -2.30. The monoisotopic (exact) mass is 235 g/mol. The summed E-state index contributed by atoms with van der Waals surface area (Å²) in [6.07, 6.45) is 2.83. The summed E-state index contributed by atoms with van der Waals surface area (Å²) in [6, 6.07) is 5.76. The van der Waals surface area contributed by atoms with Crippen molar-refractivity contribution in [1.82, 2.24) is 0 Å². The highest BCUT2D eigenvalue weighted by Gasteiger charge is 2.16. The molecule has 17 heavy (non-hydrogen) atoms. The van der Waals surface area contributed by atoms with Crippen molar-refractivity contribution < 1.29 is 19.8 Å². The Morgan fingerprint density at radius 3 is 2.35 bits per heavy atom. The minimum absolute atomic E-state index is 0.0579. The molecule has 1 aromatic carbocycles. The Balaban J connectivity index is 3.01. The van der Waals surface area contributed by atoms with Gasteiger partial charge in [-0.25, -0.2) is 0 Å². The maximum Gasteiger partial charge on any atom is 0.323 e. The molecule has 0 aliphatic rings. The fourth-order valence-corrected chi connectivity index (χ4v) is 1.30. The van der Waals surface area contributed by atoms with Crippen LogP contribution >= 0.6 is 0 Å². The van der Waals surface area contributed by atoms with Crippen LogP contribution in [0.4, 0.5) is 5.69 Å². The minimum Gasteiger partial charge on any atom is -0.508 e. The number of carbonyl (C=O) groups is 2. The summed E-state index contributed by atoms with van der Waals surface area (Å²) in [4.78, 5) is 23.5. The molecule has 0 unspecified atom stereocenters. The van der Waals surface area contributed by atoms with Gasteiger partial charge in [0.2, 0.25) is 0 Å². The smallest absolute Gasteiger partial charge is 0.323 e. The molecule has 0 fully saturated rings. The van der Waals surface area contributed by atoms with Crippen LogP contribution < -0.4 is 4.90 Å². The van der Waals surface area contributed by atoms with Crippen LogP contribution in [-0.2, 0) is 9.59 Å². The number of amides is 1. The van der Waals surface area contributed by atoms with Gasteiger partial charge in [0.25, 0.3) is 5.91 Å². The third kappa shape index (κ3) is 3.64. The van der Waals surface area contributed by atoms with Gasteiger partial charge in [-0.05, 0) is 37.3 Å². The standard InChI is InChI=1S/C12H13NO4/c1-2-3-11(15)13(8-12(16)17)9-4-6-10(14)7-5-9/h2-7,14H,8H2,1H3,(H,16,17). The first kappa shape index (κ1) is 12.8. The van der Waals surface area contributed by atoms with E-state index in [2.05, 4.69) is 0 Å². The van der Waals surface area contributed by atoms with Crippen molar-refractivity contribution >= 4 is 17.6 Å².